The molecule has 104 valence electrons. The molecule has 0 atom stereocenters. The monoisotopic (exact) mass is 334 g/mol. The van der Waals surface area contributed by atoms with E-state index in [0.717, 1.165) is 27.1 Å². The van der Waals surface area contributed by atoms with Crippen molar-refractivity contribution in [2.45, 2.75) is 13.8 Å². The minimum Gasteiger partial charge on any atom is -0.350 e. The summed E-state index contributed by atoms with van der Waals surface area (Å²) in [6.07, 6.45) is 1.58. The van der Waals surface area contributed by atoms with Gasteiger partial charge in [0.25, 0.3) is 0 Å². The van der Waals surface area contributed by atoms with Crippen LogP contribution in [0.3, 0.4) is 0 Å². The number of urea groups is 1. The van der Waals surface area contributed by atoms with Gasteiger partial charge < -0.3 is 10.3 Å². The van der Waals surface area contributed by atoms with E-state index in [4.69, 9.17) is 5.73 Å². The number of nitrogens with one attached hydrogen (secondary N) is 1. The predicted molar refractivity (Wildman–Crippen MR) is 83.3 cm³/mol. The van der Waals surface area contributed by atoms with Gasteiger partial charge in [-0.15, -0.1) is 0 Å². The fourth-order valence-corrected chi connectivity index (χ4v) is 2.48. The summed E-state index contributed by atoms with van der Waals surface area (Å²) in [6.45, 7) is 4.02. The predicted octanol–water partition coefficient (Wildman–Crippen LogP) is 2.86. The molecule has 20 heavy (non-hydrogen) atoms. The molecule has 0 aliphatic carbocycles. The van der Waals surface area contributed by atoms with E-state index < -0.39 is 6.03 Å². The number of nitrogens with zero attached hydrogens (tertiary/aromatic N) is 2. The molecule has 6 heteroatoms. The SMILES string of the molecule is Cc1cc(/C=N/NC(N)=O)c(C)n1-c1cccc(Br)c1. The van der Waals surface area contributed by atoms with Gasteiger partial charge in [-0.3, -0.25) is 0 Å². The van der Waals surface area contributed by atoms with Crippen LogP contribution in [0.1, 0.15) is 17.0 Å². The maximum Gasteiger partial charge on any atom is 0.332 e. The Labute approximate surface area is 125 Å². The smallest absolute Gasteiger partial charge is 0.332 e. The first-order chi connectivity index (χ1) is 9.49. The van der Waals surface area contributed by atoms with Gasteiger partial charge in [-0.1, -0.05) is 22.0 Å². The average molecular weight is 335 g/mol. The molecule has 0 unspecified atom stereocenters. The highest BCUT2D eigenvalue weighted by atomic mass is 79.9. The summed E-state index contributed by atoms with van der Waals surface area (Å²) >= 11 is 3.47. The number of nitrogens with two attached hydrogens (primary N) is 1. The summed E-state index contributed by atoms with van der Waals surface area (Å²) in [6, 6.07) is 9.37. The molecule has 0 saturated carbocycles. The molecule has 0 radical (unpaired) electrons. The summed E-state index contributed by atoms with van der Waals surface area (Å²) in [5.41, 5.74) is 11.3. The van der Waals surface area contributed by atoms with Gasteiger partial charge in [0, 0.05) is 27.1 Å². The van der Waals surface area contributed by atoms with Crippen LogP contribution < -0.4 is 11.2 Å². The van der Waals surface area contributed by atoms with E-state index in [1.807, 2.05) is 44.2 Å². The number of rotatable bonds is 3. The zero-order chi connectivity index (χ0) is 14.7. The fourth-order valence-electron chi connectivity index (χ4n) is 2.10. The normalized spacial score (nSPS) is 10.9. The van der Waals surface area contributed by atoms with Crippen molar-refractivity contribution in [1.29, 1.82) is 0 Å². The van der Waals surface area contributed by atoms with Crippen molar-refractivity contribution >= 4 is 28.2 Å². The van der Waals surface area contributed by atoms with E-state index in [0.29, 0.717) is 0 Å². The highest BCUT2D eigenvalue weighted by Crippen LogP contribution is 2.22. The Kier molecular flexibility index (Phi) is 4.24. The van der Waals surface area contributed by atoms with E-state index in [1.54, 1.807) is 6.21 Å². The third-order valence-electron chi connectivity index (χ3n) is 2.92. The highest BCUT2D eigenvalue weighted by Gasteiger charge is 2.09. The molecule has 0 bridgehead atoms. The van der Waals surface area contributed by atoms with Crippen LogP contribution >= 0.6 is 15.9 Å². The second-order valence-corrected chi connectivity index (χ2v) is 5.29. The van der Waals surface area contributed by atoms with Crippen LogP contribution in [0.5, 0.6) is 0 Å². The van der Waals surface area contributed by atoms with Gasteiger partial charge in [-0.25, -0.2) is 10.2 Å². The number of hydrazone groups is 1. The molecular formula is C14H15BrN4O. The van der Waals surface area contributed by atoms with E-state index in [9.17, 15) is 4.79 Å². The Morgan fingerprint density at radius 3 is 2.80 bits per heavy atom. The molecule has 2 amide bonds. The van der Waals surface area contributed by atoms with Crippen molar-refractivity contribution in [3.8, 4) is 5.69 Å². The van der Waals surface area contributed by atoms with Crippen molar-refractivity contribution in [3.05, 3.63) is 51.8 Å². The molecule has 1 aromatic carbocycles. The number of primary amides is 1. The van der Waals surface area contributed by atoms with Gasteiger partial charge >= 0.3 is 6.03 Å². The molecule has 5 nitrogen and oxygen atoms in total. The Bertz CT molecular complexity index is 676. The first-order valence-corrected chi connectivity index (χ1v) is 6.81. The third kappa shape index (κ3) is 3.08. The van der Waals surface area contributed by atoms with E-state index in [-0.39, 0.29) is 0 Å². The first kappa shape index (κ1) is 14.3. The summed E-state index contributed by atoms with van der Waals surface area (Å²) in [5.74, 6) is 0. The van der Waals surface area contributed by atoms with Crippen LogP contribution in [0.4, 0.5) is 4.79 Å². The zero-order valence-electron chi connectivity index (χ0n) is 11.2. The molecular weight excluding hydrogens is 320 g/mol. The van der Waals surface area contributed by atoms with Crippen LogP contribution in [-0.2, 0) is 0 Å². The van der Waals surface area contributed by atoms with Crippen molar-refractivity contribution < 1.29 is 4.79 Å². The molecule has 1 aromatic heterocycles. The topological polar surface area (TPSA) is 72.4 Å². The van der Waals surface area contributed by atoms with Gasteiger partial charge in [0.1, 0.15) is 0 Å². The number of aromatic nitrogens is 1. The van der Waals surface area contributed by atoms with Crippen LogP contribution in [0.2, 0.25) is 0 Å². The summed E-state index contributed by atoms with van der Waals surface area (Å²) in [5, 5.41) is 3.80. The number of hydrogen-bond donors (Lipinski definition) is 2. The Hall–Kier alpha value is -2.08. The summed E-state index contributed by atoms with van der Waals surface area (Å²) in [7, 11) is 0. The van der Waals surface area contributed by atoms with Crippen molar-refractivity contribution in [1.82, 2.24) is 9.99 Å². The van der Waals surface area contributed by atoms with E-state index in [2.05, 4.69) is 31.0 Å². The quantitative estimate of drug-likeness (QED) is 0.657. The number of halogens is 1. The Morgan fingerprint density at radius 2 is 2.15 bits per heavy atom. The lowest BCUT2D eigenvalue weighted by Gasteiger charge is -2.09. The van der Waals surface area contributed by atoms with Crippen LogP contribution in [-0.4, -0.2) is 16.8 Å². The molecule has 2 aromatic rings. The molecule has 0 spiro atoms. The number of carbonyl (C=O) groups is 1. The van der Waals surface area contributed by atoms with E-state index >= 15 is 0 Å². The highest BCUT2D eigenvalue weighted by molar-refractivity contribution is 9.10. The number of carbonyl (C=O) groups excluding carboxylic acids is 1. The summed E-state index contributed by atoms with van der Waals surface area (Å²) < 4.78 is 3.14. The molecule has 3 N–H and O–H groups in total. The Balaban J connectivity index is 2.39. The molecule has 2 rings (SSSR count). The van der Waals surface area contributed by atoms with Gasteiger partial charge in [0.05, 0.1) is 6.21 Å². The largest absolute Gasteiger partial charge is 0.350 e. The standard InChI is InChI=1S/C14H15BrN4O/c1-9-6-11(8-17-18-14(16)20)10(2)19(9)13-5-3-4-12(15)7-13/h3-8H,1-2H3,(H3,16,18,20)/b17-8+. The maximum atomic E-state index is 10.6. The third-order valence-corrected chi connectivity index (χ3v) is 3.41. The van der Waals surface area contributed by atoms with Crippen LogP contribution in [0.25, 0.3) is 5.69 Å². The second kappa shape index (κ2) is 5.92. The summed E-state index contributed by atoms with van der Waals surface area (Å²) in [4.78, 5) is 10.6. The molecule has 0 aliphatic heterocycles. The van der Waals surface area contributed by atoms with Gasteiger partial charge in [-0.05, 0) is 38.1 Å². The van der Waals surface area contributed by atoms with Crippen LogP contribution in [0, 0.1) is 13.8 Å². The van der Waals surface area contributed by atoms with E-state index in [1.165, 1.54) is 0 Å². The van der Waals surface area contributed by atoms with Crippen molar-refractivity contribution in [2.75, 3.05) is 0 Å². The average Bonchev–Trinajstić information content (AvgIpc) is 2.64. The number of amides is 2. The zero-order valence-corrected chi connectivity index (χ0v) is 12.8. The maximum absolute atomic E-state index is 10.6. The first-order valence-electron chi connectivity index (χ1n) is 6.02. The number of benzene rings is 1. The van der Waals surface area contributed by atoms with Gasteiger partial charge in [-0.2, -0.15) is 5.10 Å². The lowest BCUT2D eigenvalue weighted by Crippen LogP contribution is -2.24. The molecule has 0 fully saturated rings. The van der Waals surface area contributed by atoms with Crippen molar-refractivity contribution in [3.63, 3.8) is 0 Å². The lowest BCUT2D eigenvalue weighted by molar-refractivity contribution is 0.249. The van der Waals surface area contributed by atoms with Gasteiger partial charge in [0.15, 0.2) is 0 Å². The Morgan fingerprint density at radius 1 is 1.40 bits per heavy atom. The second-order valence-electron chi connectivity index (χ2n) is 4.38. The van der Waals surface area contributed by atoms with Crippen molar-refractivity contribution in [2.24, 2.45) is 10.8 Å². The molecule has 0 saturated heterocycles. The van der Waals surface area contributed by atoms with Crippen LogP contribution in [0.15, 0.2) is 39.9 Å². The lowest BCUT2D eigenvalue weighted by atomic mass is 10.2. The number of hydrogen-bond acceptors (Lipinski definition) is 2. The fraction of sp³-hybridized carbons (Fsp3) is 0.143. The minimum absolute atomic E-state index is 0.679. The number of aryl methyl sites for hydroxylation is 1. The molecule has 0 aliphatic rings. The van der Waals surface area contributed by atoms with Gasteiger partial charge in [0.2, 0.25) is 0 Å². The molecule has 1 heterocycles. The minimum atomic E-state index is -0.679.